The van der Waals surface area contributed by atoms with Crippen LogP contribution in [0.5, 0.6) is 11.5 Å². The molecule has 3 heterocycles. The van der Waals surface area contributed by atoms with Gasteiger partial charge in [-0.3, -0.25) is 14.5 Å². The highest BCUT2D eigenvalue weighted by Gasteiger charge is 2.45. The van der Waals surface area contributed by atoms with Crippen molar-refractivity contribution >= 4 is 39.3 Å². The third kappa shape index (κ3) is 4.12. The number of ether oxygens (including phenoxy) is 3. The molecule has 10 heteroatoms. The van der Waals surface area contributed by atoms with Crippen LogP contribution in [0.1, 0.15) is 50.0 Å². The molecule has 1 atom stereocenters. The quantitative estimate of drug-likeness (QED) is 0.229. The molecule has 0 spiro atoms. The zero-order valence-corrected chi connectivity index (χ0v) is 21.8. The Morgan fingerprint density at radius 2 is 2.00 bits per heavy atom. The molecule has 38 heavy (non-hydrogen) atoms. The average Bonchev–Trinajstić information content (AvgIpc) is 3.45. The molecule has 2 aromatic carbocycles. The molecule has 0 saturated carbocycles. The number of aryl methyl sites for hydroxylation is 1. The Hall–Kier alpha value is -4.44. The first kappa shape index (κ1) is 25.2. The van der Waals surface area contributed by atoms with Crippen molar-refractivity contribution in [2.24, 2.45) is 0 Å². The molecule has 0 bridgehead atoms. The second-order valence-electron chi connectivity index (χ2n) is 8.39. The molecular weight excluding hydrogens is 508 g/mol. The molecule has 1 aliphatic rings. The zero-order valence-electron chi connectivity index (χ0n) is 21.0. The average molecular weight is 533 g/mol. The lowest BCUT2D eigenvalue weighted by molar-refractivity contribution is 0.0554. The highest BCUT2D eigenvalue weighted by Crippen LogP contribution is 2.44. The van der Waals surface area contributed by atoms with E-state index in [0.717, 1.165) is 11.3 Å². The Labute approximate surface area is 221 Å². The SMILES string of the molecule is C=CCOC(=O)c1sc(N2C(=O)c3oc4ccccc4c(=O)c3[C@@H]2c2ccc(OCC)c(OC)c2)nc1C. The number of aromatic nitrogens is 1. The fourth-order valence-corrected chi connectivity index (χ4v) is 5.42. The summed E-state index contributed by atoms with van der Waals surface area (Å²) in [7, 11) is 1.51. The van der Waals surface area contributed by atoms with Gasteiger partial charge in [-0.1, -0.05) is 42.2 Å². The first-order valence-corrected chi connectivity index (χ1v) is 12.7. The smallest absolute Gasteiger partial charge is 0.350 e. The number of thiazole rings is 1. The van der Waals surface area contributed by atoms with Crippen LogP contribution in [0.15, 0.2) is 64.3 Å². The molecule has 0 saturated heterocycles. The van der Waals surface area contributed by atoms with Gasteiger partial charge in [0.1, 0.15) is 17.1 Å². The number of carbonyl (C=O) groups is 2. The molecule has 0 unspecified atom stereocenters. The van der Waals surface area contributed by atoms with Gasteiger partial charge < -0.3 is 18.6 Å². The number of hydrogen-bond donors (Lipinski definition) is 0. The maximum absolute atomic E-state index is 13.8. The number of nitrogens with zero attached hydrogens (tertiary/aromatic N) is 2. The van der Waals surface area contributed by atoms with Crippen molar-refractivity contribution < 1.29 is 28.2 Å². The van der Waals surface area contributed by atoms with Crippen molar-refractivity contribution in [2.45, 2.75) is 19.9 Å². The first-order valence-electron chi connectivity index (χ1n) is 11.8. The van der Waals surface area contributed by atoms with E-state index in [4.69, 9.17) is 18.6 Å². The van der Waals surface area contributed by atoms with E-state index in [0.29, 0.717) is 40.3 Å². The maximum atomic E-state index is 13.8. The molecular formula is C28H24N2O7S. The lowest BCUT2D eigenvalue weighted by atomic mass is 9.98. The molecule has 0 fully saturated rings. The molecule has 1 aliphatic heterocycles. The standard InChI is InChI=1S/C28H24N2O7S/c1-5-13-36-27(33)25-15(3)29-28(38-25)30-22(16-11-12-19(35-6-2)20(14-16)34-4)21-23(31)17-9-7-8-10-18(17)37-24(21)26(30)32/h5,7-12,14,22H,1,6,13H2,2-4H3/t22-/m0/s1. The van der Waals surface area contributed by atoms with Gasteiger partial charge in [-0.15, -0.1) is 0 Å². The predicted octanol–water partition coefficient (Wildman–Crippen LogP) is 5.06. The van der Waals surface area contributed by atoms with Crippen molar-refractivity contribution in [1.82, 2.24) is 4.98 Å². The Kier molecular flexibility index (Phi) is 6.73. The van der Waals surface area contributed by atoms with E-state index in [-0.39, 0.29) is 33.4 Å². The molecule has 1 amide bonds. The van der Waals surface area contributed by atoms with E-state index < -0.39 is 17.9 Å². The summed E-state index contributed by atoms with van der Waals surface area (Å²) in [5, 5.41) is 0.582. The van der Waals surface area contributed by atoms with Gasteiger partial charge in [0.2, 0.25) is 5.76 Å². The molecule has 5 rings (SSSR count). The Bertz CT molecular complexity index is 1640. The van der Waals surface area contributed by atoms with Gasteiger partial charge in [0.15, 0.2) is 22.1 Å². The molecule has 194 valence electrons. The van der Waals surface area contributed by atoms with E-state index in [1.807, 2.05) is 6.92 Å². The summed E-state index contributed by atoms with van der Waals surface area (Å²) in [4.78, 5) is 46.3. The summed E-state index contributed by atoms with van der Waals surface area (Å²) < 4.78 is 22.4. The molecule has 9 nitrogen and oxygen atoms in total. The van der Waals surface area contributed by atoms with Gasteiger partial charge in [-0.25, -0.2) is 9.78 Å². The molecule has 4 aromatic rings. The third-order valence-corrected chi connectivity index (χ3v) is 7.23. The molecule has 2 aromatic heterocycles. The second kappa shape index (κ2) is 10.1. The summed E-state index contributed by atoms with van der Waals surface area (Å²) in [5.74, 6) is -0.220. The predicted molar refractivity (Wildman–Crippen MR) is 143 cm³/mol. The number of hydrogen-bond acceptors (Lipinski definition) is 9. The summed E-state index contributed by atoms with van der Waals surface area (Å²) in [6, 6.07) is 11.1. The van der Waals surface area contributed by atoms with Crippen LogP contribution in [-0.2, 0) is 4.74 Å². The van der Waals surface area contributed by atoms with Crippen molar-refractivity contribution in [1.29, 1.82) is 0 Å². The zero-order chi connectivity index (χ0) is 27.0. The third-order valence-electron chi connectivity index (χ3n) is 6.09. The number of anilines is 1. The highest BCUT2D eigenvalue weighted by atomic mass is 32.1. The Balaban J connectivity index is 1.72. The fourth-order valence-electron chi connectivity index (χ4n) is 4.44. The van der Waals surface area contributed by atoms with Crippen molar-refractivity contribution in [3.8, 4) is 11.5 Å². The summed E-state index contributed by atoms with van der Waals surface area (Å²) >= 11 is 1.00. The number of amides is 1. The van der Waals surface area contributed by atoms with Crippen molar-refractivity contribution in [2.75, 3.05) is 25.2 Å². The first-order chi connectivity index (χ1) is 18.4. The largest absolute Gasteiger partial charge is 0.493 e. The van der Waals surface area contributed by atoms with Crippen molar-refractivity contribution in [3.63, 3.8) is 0 Å². The summed E-state index contributed by atoms with van der Waals surface area (Å²) in [5.41, 5.74) is 1.15. The van der Waals surface area contributed by atoms with Crippen LogP contribution in [0.25, 0.3) is 11.0 Å². The number of benzene rings is 2. The van der Waals surface area contributed by atoms with Gasteiger partial charge in [0.25, 0.3) is 5.91 Å². The molecule has 0 aliphatic carbocycles. The number of fused-ring (bicyclic) bond motifs is 2. The van der Waals surface area contributed by atoms with Crippen LogP contribution in [0.3, 0.4) is 0 Å². The topological polar surface area (TPSA) is 108 Å². The molecule has 0 N–H and O–H groups in total. The summed E-state index contributed by atoms with van der Waals surface area (Å²) in [6.07, 6.45) is 1.47. The minimum Gasteiger partial charge on any atom is -0.493 e. The van der Waals surface area contributed by atoms with E-state index in [2.05, 4.69) is 11.6 Å². The lowest BCUT2D eigenvalue weighted by Gasteiger charge is -2.23. The van der Waals surface area contributed by atoms with Crippen LogP contribution < -0.4 is 19.8 Å². The highest BCUT2D eigenvalue weighted by molar-refractivity contribution is 7.17. The number of para-hydroxylation sites is 1. The monoisotopic (exact) mass is 532 g/mol. The lowest BCUT2D eigenvalue weighted by Crippen LogP contribution is -2.29. The van der Waals surface area contributed by atoms with Gasteiger partial charge >= 0.3 is 5.97 Å². The number of esters is 1. The van der Waals surface area contributed by atoms with Crippen LogP contribution in [0.2, 0.25) is 0 Å². The fraction of sp³-hybridized carbons (Fsp3) is 0.214. The maximum Gasteiger partial charge on any atom is 0.350 e. The number of rotatable bonds is 8. The van der Waals surface area contributed by atoms with Crippen LogP contribution in [0.4, 0.5) is 5.13 Å². The van der Waals surface area contributed by atoms with Gasteiger partial charge in [-0.2, -0.15) is 0 Å². The second-order valence-corrected chi connectivity index (χ2v) is 9.37. The Morgan fingerprint density at radius 1 is 1.21 bits per heavy atom. The van der Waals surface area contributed by atoms with Gasteiger partial charge in [0, 0.05) is 0 Å². The van der Waals surface area contributed by atoms with Crippen molar-refractivity contribution in [3.05, 3.63) is 92.8 Å². The summed E-state index contributed by atoms with van der Waals surface area (Å²) in [6.45, 7) is 7.55. The van der Waals surface area contributed by atoms with Gasteiger partial charge in [0.05, 0.1) is 36.4 Å². The van der Waals surface area contributed by atoms with E-state index >= 15 is 0 Å². The van der Waals surface area contributed by atoms with Crippen LogP contribution in [-0.4, -0.2) is 37.2 Å². The van der Waals surface area contributed by atoms with Crippen LogP contribution in [0, 0.1) is 6.92 Å². The normalized spacial score (nSPS) is 14.4. The number of carbonyl (C=O) groups excluding carboxylic acids is 2. The minimum absolute atomic E-state index is 0.0409. The van der Waals surface area contributed by atoms with E-state index in [1.165, 1.54) is 18.1 Å². The molecule has 0 radical (unpaired) electrons. The number of methoxy groups -OCH3 is 1. The minimum atomic E-state index is -0.884. The Morgan fingerprint density at radius 3 is 2.74 bits per heavy atom. The van der Waals surface area contributed by atoms with E-state index in [1.54, 1.807) is 49.4 Å². The van der Waals surface area contributed by atoms with Gasteiger partial charge in [-0.05, 0) is 43.7 Å². The van der Waals surface area contributed by atoms with Crippen LogP contribution >= 0.6 is 11.3 Å². The van der Waals surface area contributed by atoms with E-state index in [9.17, 15) is 14.4 Å².